The molecule has 92 valence electrons. The molecule has 1 atom stereocenters. The number of ketones is 1. The number of hydrogen-bond donors (Lipinski definition) is 0. The third-order valence-corrected chi connectivity index (χ3v) is 3.15. The maximum atomic E-state index is 12.5. The van der Waals surface area contributed by atoms with Gasteiger partial charge in [-0.2, -0.15) is 0 Å². The molecule has 2 aromatic rings. The molecule has 0 amide bonds. The number of carbonyl (C=O) groups excluding carboxylic acids is 1. The summed E-state index contributed by atoms with van der Waals surface area (Å²) in [4.78, 5) is 12.5. The van der Waals surface area contributed by atoms with Crippen LogP contribution in [0, 0.1) is 0 Å². The van der Waals surface area contributed by atoms with Gasteiger partial charge in [-0.25, -0.2) is 0 Å². The number of benzene rings is 2. The SMILES string of the molecule is CCCC(C(=O)c1ccccc1)c1ccccc1. The molecular formula is C17H18O. The van der Waals surface area contributed by atoms with Gasteiger partial charge in [-0.05, 0) is 12.0 Å². The first-order chi connectivity index (χ1) is 8.83. The molecule has 1 heteroatoms. The van der Waals surface area contributed by atoms with E-state index in [1.54, 1.807) is 0 Å². The Morgan fingerprint density at radius 1 is 0.944 bits per heavy atom. The quantitative estimate of drug-likeness (QED) is 0.703. The van der Waals surface area contributed by atoms with Crippen molar-refractivity contribution in [2.24, 2.45) is 0 Å². The van der Waals surface area contributed by atoms with Gasteiger partial charge < -0.3 is 0 Å². The second-order valence-electron chi connectivity index (χ2n) is 4.48. The van der Waals surface area contributed by atoms with Crippen molar-refractivity contribution in [1.29, 1.82) is 0 Å². The summed E-state index contributed by atoms with van der Waals surface area (Å²) in [6.07, 6.45) is 1.91. The van der Waals surface area contributed by atoms with E-state index in [-0.39, 0.29) is 11.7 Å². The second-order valence-corrected chi connectivity index (χ2v) is 4.48. The molecule has 2 aromatic carbocycles. The third kappa shape index (κ3) is 2.86. The van der Waals surface area contributed by atoms with Gasteiger partial charge in [0.25, 0.3) is 0 Å². The van der Waals surface area contributed by atoms with Gasteiger partial charge in [0, 0.05) is 11.5 Å². The molecular weight excluding hydrogens is 220 g/mol. The molecule has 0 aromatic heterocycles. The first-order valence-corrected chi connectivity index (χ1v) is 6.47. The minimum atomic E-state index is -0.0152. The Morgan fingerprint density at radius 3 is 2.06 bits per heavy atom. The van der Waals surface area contributed by atoms with Crippen LogP contribution in [-0.2, 0) is 0 Å². The van der Waals surface area contributed by atoms with Crippen LogP contribution in [0.5, 0.6) is 0 Å². The van der Waals surface area contributed by atoms with E-state index in [1.165, 1.54) is 0 Å². The lowest BCUT2D eigenvalue weighted by Crippen LogP contribution is -2.12. The van der Waals surface area contributed by atoms with Crippen molar-refractivity contribution in [3.63, 3.8) is 0 Å². The Morgan fingerprint density at radius 2 is 1.50 bits per heavy atom. The standard InChI is InChI=1S/C17H18O/c1-2-9-16(14-10-5-3-6-11-14)17(18)15-12-7-4-8-13-15/h3-8,10-13,16H,2,9H2,1H3. The molecule has 0 aliphatic carbocycles. The van der Waals surface area contributed by atoms with Crippen LogP contribution in [0.25, 0.3) is 0 Å². The molecule has 1 unspecified atom stereocenters. The predicted molar refractivity (Wildman–Crippen MR) is 74.9 cm³/mol. The van der Waals surface area contributed by atoms with Crippen molar-refractivity contribution in [2.45, 2.75) is 25.7 Å². The number of hydrogen-bond acceptors (Lipinski definition) is 1. The summed E-state index contributed by atoms with van der Waals surface area (Å²) in [5, 5.41) is 0. The Kier molecular flexibility index (Phi) is 4.30. The number of rotatable bonds is 5. The Bertz CT molecular complexity index is 488. The smallest absolute Gasteiger partial charge is 0.170 e. The van der Waals surface area contributed by atoms with E-state index in [4.69, 9.17) is 0 Å². The minimum Gasteiger partial charge on any atom is -0.293 e. The Hall–Kier alpha value is -1.89. The molecule has 0 spiro atoms. The van der Waals surface area contributed by atoms with E-state index in [0.29, 0.717) is 0 Å². The van der Waals surface area contributed by atoms with E-state index in [2.05, 4.69) is 6.92 Å². The van der Waals surface area contributed by atoms with Gasteiger partial charge in [0.1, 0.15) is 0 Å². The normalized spacial score (nSPS) is 12.1. The summed E-state index contributed by atoms with van der Waals surface area (Å²) in [7, 11) is 0. The van der Waals surface area contributed by atoms with Crippen molar-refractivity contribution in [1.82, 2.24) is 0 Å². The largest absolute Gasteiger partial charge is 0.293 e. The molecule has 0 aliphatic heterocycles. The predicted octanol–water partition coefficient (Wildman–Crippen LogP) is 4.45. The molecule has 0 saturated heterocycles. The molecule has 18 heavy (non-hydrogen) atoms. The minimum absolute atomic E-state index is 0.0152. The monoisotopic (exact) mass is 238 g/mol. The zero-order valence-electron chi connectivity index (χ0n) is 10.7. The molecule has 1 nitrogen and oxygen atoms in total. The molecule has 0 fully saturated rings. The summed E-state index contributed by atoms with van der Waals surface area (Å²) < 4.78 is 0. The van der Waals surface area contributed by atoms with Gasteiger partial charge in [-0.15, -0.1) is 0 Å². The Labute approximate surface area is 108 Å². The molecule has 0 radical (unpaired) electrons. The fourth-order valence-corrected chi connectivity index (χ4v) is 2.23. The van der Waals surface area contributed by atoms with E-state index >= 15 is 0 Å². The van der Waals surface area contributed by atoms with E-state index < -0.39 is 0 Å². The van der Waals surface area contributed by atoms with Gasteiger partial charge in [0.2, 0.25) is 0 Å². The van der Waals surface area contributed by atoms with Crippen LogP contribution in [-0.4, -0.2) is 5.78 Å². The van der Waals surface area contributed by atoms with Crippen molar-refractivity contribution in [3.8, 4) is 0 Å². The highest BCUT2D eigenvalue weighted by atomic mass is 16.1. The lowest BCUT2D eigenvalue weighted by Gasteiger charge is -2.15. The zero-order valence-corrected chi connectivity index (χ0v) is 10.7. The molecule has 0 heterocycles. The fraction of sp³-hybridized carbons (Fsp3) is 0.235. The van der Waals surface area contributed by atoms with Crippen molar-refractivity contribution >= 4 is 5.78 Å². The highest BCUT2D eigenvalue weighted by Crippen LogP contribution is 2.25. The van der Waals surface area contributed by atoms with Crippen LogP contribution in [0.4, 0.5) is 0 Å². The van der Waals surface area contributed by atoms with E-state index in [1.807, 2.05) is 60.7 Å². The van der Waals surface area contributed by atoms with Gasteiger partial charge in [0.05, 0.1) is 0 Å². The second kappa shape index (κ2) is 6.15. The van der Waals surface area contributed by atoms with Gasteiger partial charge in [0.15, 0.2) is 5.78 Å². The summed E-state index contributed by atoms with van der Waals surface area (Å²) >= 11 is 0. The molecule has 0 aliphatic rings. The first kappa shape index (κ1) is 12.6. The number of Topliss-reactive ketones (excluding diaryl/α,β-unsaturated/α-hetero) is 1. The van der Waals surface area contributed by atoms with E-state index in [0.717, 1.165) is 24.0 Å². The summed E-state index contributed by atoms with van der Waals surface area (Å²) in [5.74, 6) is 0.210. The Balaban J connectivity index is 2.29. The molecule has 0 bridgehead atoms. The van der Waals surface area contributed by atoms with Crippen molar-refractivity contribution in [2.75, 3.05) is 0 Å². The summed E-state index contributed by atoms with van der Waals surface area (Å²) in [6, 6.07) is 19.6. The average molecular weight is 238 g/mol. The van der Waals surface area contributed by atoms with Gasteiger partial charge in [-0.1, -0.05) is 74.0 Å². The summed E-state index contributed by atoms with van der Waals surface area (Å²) in [6.45, 7) is 2.12. The molecule has 0 saturated carbocycles. The van der Waals surface area contributed by atoms with Crippen LogP contribution in [0.15, 0.2) is 60.7 Å². The van der Waals surface area contributed by atoms with Crippen molar-refractivity contribution in [3.05, 3.63) is 71.8 Å². The third-order valence-electron chi connectivity index (χ3n) is 3.15. The lowest BCUT2D eigenvalue weighted by atomic mass is 9.87. The maximum Gasteiger partial charge on any atom is 0.170 e. The topological polar surface area (TPSA) is 17.1 Å². The van der Waals surface area contributed by atoms with E-state index in [9.17, 15) is 4.79 Å². The highest BCUT2D eigenvalue weighted by molar-refractivity contribution is 6.00. The van der Waals surface area contributed by atoms with Crippen LogP contribution in [0.1, 0.15) is 41.6 Å². The average Bonchev–Trinajstić information content (AvgIpc) is 2.46. The molecule has 0 N–H and O–H groups in total. The highest BCUT2D eigenvalue weighted by Gasteiger charge is 2.20. The van der Waals surface area contributed by atoms with Gasteiger partial charge >= 0.3 is 0 Å². The van der Waals surface area contributed by atoms with Crippen molar-refractivity contribution < 1.29 is 4.79 Å². The van der Waals surface area contributed by atoms with Crippen LogP contribution in [0.2, 0.25) is 0 Å². The summed E-state index contributed by atoms with van der Waals surface area (Å²) in [5.41, 5.74) is 1.92. The fourth-order valence-electron chi connectivity index (χ4n) is 2.23. The lowest BCUT2D eigenvalue weighted by molar-refractivity contribution is 0.0954. The number of carbonyl (C=O) groups is 1. The van der Waals surface area contributed by atoms with Crippen LogP contribution < -0.4 is 0 Å². The van der Waals surface area contributed by atoms with Crippen LogP contribution >= 0.6 is 0 Å². The first-order valence-electron chi connectivity index (χ1n) is 6.47. The zero-order chi connectivity index (χ0) is 12.8. The molecule has 2 rings (SSSR count). The van der Waals surface area contributed by atoms with Gasteiger partial charge in [-0.3, -0.25) is 4.79 Å². The van der Waals surface area contributed by atoms with Crippen LogP contribution in [0.3, 0.4) is 0 Å². The maximum absolute atomic E-state index is 12.5.